The van der Waals surface area contributed by atoms with Crippen molar-refractivity contribution < 1.29 is 23.4 Å². The maximum absolute atomic E-state index is 11.9. The number of furan rings is 1. The Bertz CT molecular complexity index is 471. The summed E-state index contributed by atoms with van der Waals surface area (Å²) in [5.41, 5.74) is 0. The van der Waals surface area contributed by atoms with Gasteiger partial charge in [0.15, 0.2) is 0 Å². The summed E-state index contributed by atoms with van der Waals surface area (Å²) in [7, 11) is 1.57. The zero-order chi connectivity index (χ0) is 15.9. The highest BCUT2D eigenvalue weighted by atomic mass is 16.6. The van der Waals surface area contributed by atoms with Gasteiger partial charge in [0.25, 0.3) is 0 Å². The summed E-state index contributed by atoms with van der Waals surface area (Å²) in [6, 6.07) is 3.31. The van der Waals surface area contributed by atoms with Crippen LogP contribution in [0, 0.1) is 5.92 Å². The van der Waals surface area contributed by atoms with E-state index in [1.165, 1.54) is 0 Å². The average Bonchev–Trinajstić information content (AvgIpc) is 2.94. The molecule has 1 fully saturated rings. The van der Waals surface area contributed by atoms with Gasteiger partial charge in [-0.3, -0.25) is 4.90 Å². The van der Waals surface area contributed by atoms with Crippen LogP contribution in [-0.2, 0) is 20.8 Å². The molecule has 1 saturated heterocycles. The van der Waals surface area contributed by atoms with Crippen LogP contribution >= 0.6 is 0 Å². The normalized spacial score (nSPS) is 19.5. The van der Waals surface area contributed by atoms with Gasteiger partial charge in [-0.25, -0.2) is 4.79 Å². The first-order chi connectivity index (χ1) is 10.6. The molecule has 1 aliphatic rings. The van der Waals surface area contributed by atoms with Crippen LogP contribution in [0.15, 0.2) is 16.5 Å². The maximum Gasteiger partial charge on any atom is 0.374 e. The lowest BCUT2D eigenvalue weighted by atomic mass is 10.2. The molecule has 1 aromatic rings. The quantitative estimate of drug-likeness (QED) is 0.717. The van der Waals surface area contributed by atoms with Crippen molar-refractivity contribution in [2.24, 2.45) is 5.92 Å². The van der Waals surface area contributed by atoms with Gasteiger partial charge in [-0.05, 0) is 18.1 Å². The zero-order valence-electron chi connectivity index (χ0n) is 13.5. The molecule has 22 heavy (non-hydrogen) atoms. The van der Waals surface area contributed by atoms with E-state index in [4.69, 9.17) is 18.6 Å². The Morgan fingerprint density at radius 1 is 1.45 bits per heavy atom. The molecular formula is C16H25NO5. The van der Waals surface area contributed by atoms with Crippen LogP contribution < -0.4 is 0 Å². The Hall–Kier alpha value is -1.37. The molecule has 1 atom stereocenters. The van der Waals surface area contributed by atoms with Crippen LogP contribution in [0.25, 0.3) is 0 Å². The highest BCUT2D eigenvalue weighted by Crippen LogP contribution is 2.12. The molecule has 2 heterocycles. The van der Waals surface area contributed by atoms with E-state index in [2.05, 4.69) is 18.7 Å². The molecule has 1 aromatic heterocycles. The minimum absolute atomic E-state index is 0.0788. The van der Waals surface area contributed by atoms with Gasteiger partial charge < -0.3 is 18.6 Å². The topological polar surface area (TPSA) is 61.1 Å². The SMILES string of the molecule is COCc1ccc(C(=O)OCC2CN(CC(C)C)CCO2)o1. The molecule has 2 rings (SSSR count). The fraction of sp³-hybridized carbons (Fsp3) is 0.688. The lowest BCUT2D eigenvalue weighted by Gasteiger charge is -2.33. The van der Waals surface area contributed by atoms with Crippen molar-refractivity contribution in [1.29, 1.82) is 0 Å². The van der Waals surface area contributed by atoms with Crippen molar-refractivity contribution in [3.63, 3.8) is 0 Å². The molecule has 1 unspecified atom stereocenters. The van der Waals surface area contributed by atoms with Crippen LogP contribution in [0.3, 0.4) is 0 Å². The third kappa shape index (κ3) is 5.12. The minimum Gasteiger partial charge on any atom is -0.457 e. The molecule has 0 spiro atoms. The Morgan fingerprint density at radius 3 is 3.00 bits per heavy atom. The van der Waals surface area contributed by atoms with E-state index >= 15 is 0 Å². The number of carbonyl (C=O) groups is 1. The second-order valence-corrected chi connectivity index (χ2v) is 5.94. The van der Waals surface area contributed by atoms with E-state index in [1.54, 1.807) is 19.2 Å². The standard InChI is InChI=1S/C16H25NO5/c1-12(2)8-17-6-7-20-14(9-17)11-21-16(18)15-5-4-13(22-15)10-19-3/h4-5,12,14H,6-11H2,1-3H3. The Balaban J connectivity index is 1.77. The zero-order valence-corrected chi connectivity index (χ0v) is 13.5. The predicted molar refractivity (Wildman–Crippen MR) is 80.7 cm³/mol. The van der Waals surface area contributed by atoms with Gasteiger partial charge in [0.1, 0.15) is 25.1 Å². The molecule has 0 aliphatic carbocycles. The van der Waals surface area contributed by atoms with Gasteiger partial charge in [0, 0.05) is 26.7 Å². The van der Waals surface area contributed by atoms with Gasteiger partial charge in [-0.2, -0.15) is 0 Å². The monoisotopic (exact) mass is 311 g/mol. The van der Waals surface area contributed by atoms with Crippen LogP contribution in [-0.4, -0.2) is 56.9 Å². The number of ether oxygens (including phenoxy) is 3. The smallest absolute Gasteiger partial charge is 0.374 e. The first-order valence-electron chi connectivity index (χ1n) is 7.67. The summed E-state index contributed by atoms with van der Waals surface area (Å²) in [5, 5.41) is 0. The number of hydrogen-bond donors (Lipinski definition) is 0. The van der Waals surface area contributed by atoms with E-state index < -0.39 is 5.97 Å². The molecule has 0 aromatic carbocycles. The van der Waals surface area contributed by atoms with E-state index in [0.717, 1.165) is 19.6 Å². The Morgan fingerprint density at radius 2 is 2.27 bits per heavy atom. The molecule has 0 N–H and O–H groups in total. The molecular weight excluding hydrogens is 286 g/mol. The van der Waals surface area contributed by atoms with Crippen LogP contribution in [0.1, 0.15) is 30.2 Å². The number of nitrogens with zero attached hydrogens (tertiary/aromatic N) is 1. The fourth-order valence-corrected chi connectivity index (χ4v) is 2.51. The second kappa shape index (κ2) is 8.31. The van der Waals surface area contributed by atoms with Crippen LogP contribution in [0.4, 0.5) is 0 Å². The molecule has 6 heteroatoms. The highest BCUT2D eigenvalue weighted by Gasteiger charge is 2.23. The lowest BCUT2D eigenvalue weighted by Crippen LogP contribution is -2.45. The Labute approximate surface area is 131 Å². The summed E-state index contributed by atoms with van der Waals surface area (Å²) >= 11 is 0. The average molecular weight is 311 g/mol. The molecule has 0 bridgehead atoms. The van der Waals surface area contributed by atoms with Crippen molar-refractivity contribution in [1.82, 2.24) is 4.90 Å². The minimum atomic E-state index is -0.466. The number of esters is 1. The molecule has 1 aliphatic heterocycles. The molecule has 0 saturated carbocycles. The van der Waals surface area contributed by atoms with Gasteiger partial charge in [0.05, 0.1) is 6.61 Å². The van der Waals surface area contributed by atoms with Gasteiger partial charge in [0.2, 0.25) is 5.76 Å². The molecule has 0 amide bonds. The van der Waals surface area contributed by atoms with Crippen molar-refractivity contribution >= 4 is 5.97 Å². The number of rotatable bonds is 7. The number of carbonyl (C=O) groups excluding carboxylic acids is 1. The molecule has 6 nitrogen and oxygen atoms in total. The number of methoxy groups -OCH3 is 1. The first kappa shape index (κ1) is 17.0. The predicted octanol–water partition coefficient (Wildman–Crippen LogP) is 1.94. The van der Waals surface area contributed by atoms with E-state index in [9.17, 15) is 4.79 Å². The van der Waals surface area contributed by atoms with Crippen molar-refractivity contribution in [3.8, 4) is 0 Å². The van der Waals surface area contributed by atoms with E-state index in [0.29, 0.717) is 24.9 Å². The second-order valence-electron chi connectivity index (χ2n) is 5.94. The Kier molecular flexibility index (Phi) is 6.42. The van der Waals surface area contributed by atoms with E-state index in [1.807, 2.05) is 0 Å². The third-order valence-electron chi connectivity index (χ3n) is 3.40. The van der Waals surface area contributed by atoms with Crippen molar-refractivity contribution in [2.75, 3.05) is 40.0 Å². The van der Waals surface area contributed by atoms with Gasteiger partial charge in [-0.1, -0.05) is 13.8 Å². The number of hydrogen-bond acceptors (Lipinski definition) is 6. The van der Waals surface area contributed by atoms with Gasteiger partial charge >= 0.3 is 5.97 Å². The third-order valence-corrected chi connectivity index (χ3v) is 3.40. The van der Waals surface area contributed by atoms with Crippen LogP contribution in [0.5, 0.6) is 0 Å². The van der Waals surface area contributed by atoms with Gasteiger partial charge in [-0.15, -0.1) is 0 Å². The van der Waals surface area contributed by atoms with Crippen molar-refractivity contribution in [2.45, 2.75) is 26.6 Å². The van der Waals surface area contributed by atoms with E-state index in [-0.39, 0.29) is 18.5 Å². The maximum atomic E-state index is 11.9. The van der Waals surface area contributed by atoms with Crippen molar-refractivity contribution in [3.05, 3.63) is 23.7 Å². The lowest BCUT2D eigenvalue weighted by molar-refractivity contribution is -0.0618. The largest absolute Gasteiger partial charge is 0.457 e. The summed E-state index contributed by atoms with van der Waals surface area (Å²) < 4.78 is 21.2. The summed E-state index contributed by atoms with van der Waals surface area (Å²) in [6.07, 6.45) is -0.0788. The molecule has 0 radical (unpaired) electrons. The summed E-state index contributed by atoms with van der Waals surface area (Å²) in [6.45, 7) is 8.40. The number of morpholine rings is 1. The highest BCUT2D eigenvalue weighted by molar-refractivity contribution is 5.86. The molecule has 124 valence electrons. The summed E-state index contributed by atoms with van der Waals surface area (Å²) in [4.78, 5) is 14.3. The first-order valence-corrected chi connectivity index (χ1v) is 7.67. The fourth-order valence-electron chi connectivity index (χ4n) is 2.51. The van der Waals surface area contributed by atoms with Crippen LogP contribution in [0.2, 0.25) is 0 Å². The summed E-state index contributed by atoms with van der Waals surface area (Å²) in [5.74, 6) is 0.948.